The minimum absolute atomic E-state index is 0.294. The number of nitrogens with two attached hydrogens (primary N) is 2. The molecule has 1 aromatic rings. The van der Waals surface area contributed by atoms with E-state index in [0.29, 0.717) is 11.8 Å². The summed E-state index contributed by atoms with van der Waals surface area (Å²) in [6, 6.07) is 10.6. The van der Waals surface area contributed by atoms with Gasteiger partial charge in [-0.15, -0.1) is 0 Å². The van der Waals surface area contributed by atoms with Gasteiger partial charge in [0.05, 0.1) is 0 Å². The lowest BCUT2D eigenvalue weighted by atomic mass is 9.54. The summed E-state index contributed by atoms with van der Waals surface area (Å²) in [6.07, 6.45) is 17.6. The van der Waals surface area contributed by atoms with Crippen LogP contribution in [0.4, 0.5) is 0 Å². The van der Waals surface area contributed by atoms with E-state index in [2.05, 4.69) is 30.3 Å². The van der Waals surface area contributed by atoms with Gasteiger partial charge in [-0.3, -0.25) is 9.59 Å². The van der Waals surface area contributed by atoms with Crippen LogP contribution in [0.5, 0.6) is 0 Å². The quantitative estimate of drug-likeness (QED) is 0.556. The molecule has 2 amide bonds. The molecule has 0 aromatic heterocycles. The molecular weight excluding hydrogens is 372 g/mol. The summed E-state index contributed by atoms with van der Waals surface area (Å²) in [5.74, 6) is -0.546. The van der Waals surface area contributed by atoms with Gasteiger partial charge in [0.15, 0.2) is 5.41 Å². The highest BCUT2D eigenvalue weighted by Gasteiger charge is 2.51. The molecule has 1 unspecified atom stereocenters. The Balaban J connectivity index is 1.94. The first-order valence-corrected chi connectivity index (χ1v) is 11.6. The summed E-state index contributed by atoms with van der Waals surface area (Å²) in [4.78, 5) is 25.0. The fourth-order valence-electron chi connectivity index (χ4n) is 6.21. The first-order valence-electron chi connectivity index (χ1n) is 11.6. The highest BCUT2D eigenvalue weighted by Crippen LogP contribution is 2.55. The summed E-state index contributed by atoms with van der Waals surface area (Å²) >= 11 is 0. The number of benzene rings is 1. The molecule has 4 N–H and O–H groups in total. The van der Waals surface area contributed by atoms with E-state index >= 15 is 0 Å². The Morgan fingerprint density at radius 1 is 0.767 bits per heavy atom. The Kier molecular flexibility index (Phi) is 5.86. The SMILES string of the molecule is NC(=O)C1(C(N)=O)C=CC(c2ccccc2)(C2CCCCC2)C(C2CCCCC2)=C1. The molecule has 4 nitrogen and oxygen atoms in total. The molecule has 30 heavy (non-hydrogen) atoms. The molecule has 1 atom stereocenters. The number of carbonyl (C=O) groups is 2. The van der Waals surface area contributed by atoms with Crippen LogP contribution < -0.4 is 11.5 Å². The highest BCUT2D eigenvalue weighted by atomic mass is 16.2. The van der Waals surface area contributed by atoms with Gasteiger partial charge in [0.1, 0.15) is 0 Å². The number of carbonyl (C=O) groups excluding carboxylic acids is 2. The number of hydrogen-bond acceptors (Lipinski definition) is 2. The zero-order valence-electron chi connectivity index (χ0n) is 17.8. The maximum atomic E-state index is 12.5. The van der Waals surface area contributed by atoms with Gasteiger partial charge in [-0.05, 0) is 43.1 Å². The van der Waals surface area contributed by atoms with Crippen molar-refractivity contribution in [3.05, 3.63) is 59.7 Å². The first-order chi connectivity index (χ1) is 14.5. The summed E-state index contributed by atoms with van der Waals surface area (Å²) in [5.41, 5.74) is 12.2. The van der Waals surface area contributed by atoms with Crippen molar-refractivity contribution in [1.29, 1.82) is 0 Å². The van der Waals surface area contributed by atoms with E-state index in [0.717, 1.165) is 25.7 Å². The van der Waals surface area contributed by atoms with E-state index in [-0.39, 0.29) is 5.41 Å². The molecule has 2 saturated carbocycles. The van der Waals surface area contributed by atoms with Gasteiger partial charge in [-0.25, -0.2) is 0 Å². The molecule has 3 aliphatic rings. The molecule has 0 spiro atoms. The first kappa shape index (κ1) is 20.9. The van der Waals surface area contributed by atoms with Gasteiger partial charge in [0, 0.05) is 5.41 Å². The number of hydrogen-bond donors (Lipinski definition) is 2. The van der Waals surface area contributed by atoms with Crippen LogP contribution in [0, 0.1) is 17.3 Å². The van der Waals surface area contributed by atoms with Crippen molar-refractivity contribution in [2.75, 3.05) is 0 Å². The van der Waals surface area contributed by atoms with Crippen LogP contribution in [-0.2, 0) is 15.0 Å². The van der Waals surface area contributed by atoms with E-state index in [1.807, 2.05) is 12.1 Å². The predicted molar refractivity (Wildman–Crippen MR) is 119 cm³/mol. The number of allylic oxidation sites excluding steroid dienone is 2. The predicted octanol–water partition coefficient (Wildman–Crippen LogP) is 4.54. The van der Waals surface area contributed by atoms with Gasteiger partial charge < -0.3 is 11.5 Å². The lowest BCUT2D eigenvalue weighted by Crippen LogP contribution is -2.50. The van der Waals surface area contributed by atoms with Crippen LogP contribution in [-0.4, -0.2) is 11.8 Å². The molecule has 4 rings (SSSR count). The third kappa shape index (κ3) is 3.40. The van der Waals surface area contributed by atoms with Crippen molar-refractivity contribution in [1.82, 2.24) is 0 Å². The normalized spacial score (nSPS) is 27.4. The fourth-order valence-corrected chi connectivity index (χ4v) is 6.21. The molecule has 0 heterocycles. The standard InChI is InChI=1S/C26H34N2O2/c27-23(29)25(24(28)30)16-17-26(20-12-6-2-7-13-20,21-14-8-3-9-15-21)22(18-25)19-10-4-1-5-11-19/h2,6-7,12-13,16-19,21H,1,3-5,8-11,14-15H2,(H2,27,29)(H2,28,30). The lowest BCUT2D eigenvalue weighted by molar-refractivity contribution is -0.133. The molecular formula is C26H34N2O2. The zero-order chi connectivity index (χ0) is 21.2. The molecule has 4 heteroatoms. The van der Waals surface area contributed by atoms with Gasteiger partial charge in [0.25, 0.3) is 0 Å². The third-order valence-electron chi connectivity index (χ3n) is 7.83. The summed E-state index contributed by atoms with van der Waals surface area (Å²) in [5, 5.41) is 0. The second-order valence-electron chi connectivity index (χ2n) is 9.44. The van der Waals surface area contributed by atoms with E-state index in [9.17, 15) is 9.59 Å². The van der Waals surface area contributed by atoms with Crippen molar-refractivity contribution in [2.45, 2.75) is 69.6 Å². The summed E-state index contributed by atoms with van der Waals surface area (Å²) < 4.78 is 0. The maximum absolute atomic E-state index is 12.5. The number of primary amides is 2. The van der Waals surface area contributed by atoms with Crippen LogP contribution in [0.25, 0.3) is 0 Å². The second-order valence-corrected chi connectivity index (χ2v) is 9.44. The fraction of sp³-hybridized carbons (Fsp3) is 0.538. The van der Waals surface area contributed by atoms with Crippen LogP contribution in [0.2, 0.25) is 0 Å². The Morgan fingerprint density at radius 3 is 1.90 bits per heavy atom. The topological polar surface area (TPSA) is 86.2 Å². The highest BCUT2D eigenvalue weighted by molar-refractivity contribution is 6.08. The maximum Gasteiger partial charge on any atom is 0.240 e. The van der Waals surface area contributed by atoms with E-state index in [4.69, 9.17) is 11.5 Å². The molecule has 0 bridgehead atoms. The Bertz CT molecular complexity index is 831. The van der Waals surface area contributed by atoms with Gasteiger partial charge in [-0.1, -0.05) is 92.7 Å². The number of amides is 2. The van der Waals surface area contributed by atoms with Gasteiger partial charge >= 0.3 is 0 Å². The van der Waals surface area contributed by atoms with Gasteiger partial charge in [0.2, 0.25) is 11.8 Å². The molecule has 0 saturated heterocycles. The number of rotatable bonds is 5. The van der Waals surface area contributed by atoms with Crippen molar-refractivity contribution in [3.8, 4) is 0 Å². The lowest BCUT2D eigenvalue weighted by Gasteiger charge is -2.49. The molecule has 0 radical (unpaired) electrons. The van der Waals surface area contributed by atoms with Crippen LogP contribution in [0.3, 0.4) is 0 Å². The van der Waals surface area contributed by atoms with Crippen LogP contribution in [0.15, 0.2) is 54.1 Å². The largest absolute Gasteiger partial charge is 0.368 e. The van der Waals surface area contributed by atoms with Gasteiger partial charge in [-0.2, -0.15) is 0 Å². The van der Waals surface area contributed by atoms with E-state index in [1.165, 1.54) is 49.7 Å². The Labute approximate surface area is 179 Å². The minimum Gasteiger partial charge on any atom is -0.368 e. The van der Waals surface area contributed by atoms with Crippen molar-refractivity contribution >= 4 is 11.8 Å². The monoisotopic (exact) mass is 406 g/mol. The average molecular weight is 407 g/mol. The van der Waals surface area contributed by atoms with Crippen LogP contribution in [0.1, 0.15) is 69.8 Å². The molecule has 2 fully saturated rings. The second kappa shape index (κ2) is 8.41. The molecule has 3 aliphatic carbocycles. The minimum atomic E-state index is -1.53. The Morgan fingerprint density at radius 2 is 1.33 bits per heavy atom. The van der Waals surface area contributed by atoms with Crippen molar-refractivity contribution < 1.29 is 9.59 Å². The molecule has 160 valence electrons. The van der Waals surface area contributed by atoms with Crippen molar-refractivity contribution in [2.24, 2.45) is 28.7 Å². The van der Waals surface area contributed by atoms with Crippen LogP contribution >= 0.6 is 0 Å². The van der Waals surface area contributed by atoms with E-state index < -0.39 is 17.2 Å². The van der Waals surface area contributed by atoms with E-state index in [1.54, 1.807) is 6.08 Å². The smallest absolute Gasteiger partial charge is 0.240 e. The third-order valence-corrected chi connectivity index (χ3v) is 7.83. The zero-order valence-corrected chi connectivity index (χ0v) is 17.8. The Hall–Kier alpha value is -2.36. The molecule has 1 aromatic carbocycles. The summed E-state index contributed by atoms with van der Waals surface area (Å²) in [7, 11) is 0. The van der Waals surface area contributed by atoms with Crippen molar-refractivity contribution in [3.63, 3.8) is 0 Å². The summed E-state index contributed by atoms with van der Waals surface area (Å²) in [6.45, 7) is 0. The average Bonchev–Trinajstić information content (AvgIpc) is 2.80. The molecule has 0 aliphatic heterocycles.